The van der Waals surface area contributed by atoms with Crippen LogP contribution in [0, 0.1) is 0 Å². The van der Waals surface area contributed by atoms with E-state index in [1.54, 1.807) is 0 Å². The van der Waals surface area contributed by atoms with E-state index >= 15 is 0 Å². The fraction of sp³-hybridized carbons (Fsp3) is 0.154. The summed E-state index contributed by atoms with van der Waals surface area (Å²) in [5, 5.41) is 0. The molecule has 0 bridgehead atoms. The number of allylic oxidation sites excluding steroid dienone is 5. The van der Waals surface area contributed by atoms with Crippen LogP contribution in [0.1, 0.15) is 19.0 Å². The standard InChI is InChI=1S/C13H13N/c1-10-6-7-12(11(2)9-10)13-5-3-4-8-14-13/h3-5,7-9H,1,6H2,2H3. The third-order valence-corrected chi connectivity index (χ3v) is 2.35. The van der Waals surface area contributed by atoms with Gasteiger partial charge in [-0.05, 0) is 36.6 Å². The van der Waals surface area contributed by atoms with E-state index in [2.05, 4.69) is 30.6 Å². The molecule has 0 unspecified atom stereocenters. The minimum absolute atomic E-state index is 0.934. The third-order valence-electron chi connectivity index (χ3n) is 2.35. The van der Waals surface area contributed by atoms with Crippen LogP contribution in [0.5, 0.6) is 0 Å². The van der Waals surface area contributed by atoms with Crippen LogP contribution in [-0.4, -0.2) is 4.98 Å². The SMILES string of the molecule is C=C1C=C(C)C(c2ccccn2)=CC1. The molecule has 14 heavy (non-hydrogen) atoms. The Kier molecular flexibility index (Phi) is 2.32. The molecule has 2 rings (SSSR count). The van der Waals surface area contributed by atoms with Gasteiger partial charge in [0.1, 0.15) is 0 Å². The fourth-order valence-electron chi connectivity index (χ4n) is 1.67. The molecule has 0 fully saturated rings. The lowest BCUT2D eigenvalue weighted by molar-refractivity contribution is 1.20. The van der Waals surface area contributed by atoms with E-state index in [4.69, 9.17) is 0 Å². The molecule has 1 heteroatoms. The van der Waals surface area contributed by atoms with Gasteiger partial charge in [-0.25, -0.2) is 0 Å². The van der Waals surface area contributed by atoms with Gasteiger partial charge in [0, 0.05) is 6.20 Å². The van der Waals surface area contributed by atoms with Crippen molar-refractivity contribution in [1.82, 2.24) is 4.98 Å². The molecule has 0 aliphatic heterocycles. The summed E-state index contributed by atoms with van der Waals surface area (Å²) in [6.45, 7) is 6.05. The molecule has 1 aromatic heterocycles. The van der Waals surface area contributed by atoms with Gasteiger partial charge in [-0.3, -0.25) is 4.98 Å². The number of rotatable bonds is 1. The Labute approximate surface area is 84.5 Å². The maximum atomic E-state index is 4.34. The first-order valence-electron chi connectivity index (χ1n) is 4.75. The van der Waals surface area contributed by atoms with E-state index in [9.17, 15) is 0 Å². The van der Waals surface area contributed by atoms with Gasteiger partial charge >= 0.3 is 0 Å². The van der Waals surface area contributed by atoms with Gasteiger partial charge in [0.15, 0.2) is 0 Å². The van der Waals surface area contributed by atoms with Crippen molar-refractivity contribution in [1.29, 1.82) is 0 Å². The highest BCUT2D eigenvalue weighted by Gasteiger charge is 2.08. The highest BCUT2D eigenvalue weighted by Crippen LogP contribution is 2.27. The Morgan fingerprint density at radius 2 is 2.21 bits per heavy atom. The maximum Gasteiger partial charge on any atom is 0.0701 e. The first-order valence-corrected chi connectivity index (χ1v) is 4.75. The average Bonchev–Trinajstić information content (AvgIpc) is 2.19. The normalized spacial score (nSPS) is 16.2. The number of nitrogens with zero attached hydrogens (tertiary/aromatic N) is 1. The second-order valence-electron chi connectivity index (χ2n) is 3.52. The van der Waals surface area contributed by atoms with Gasteiger partial charge in [-0.1, -0.05) is 30.4 Å². The Balaban J connectivity index is 2.38. The zero-order valence-electron chi connectivity index (χ0n) is 8.33. The van der Waals surface area contributed by atoms with Gasteiger partial charge in [-0.15, -0.1) is 0 Å². The van der Waals surface area contributed by atoms with Crippen LogP contribution in [0.25, 0.3) is 5.57 Å². The zero-order chi connectivity index (χ0) is 9.97. The molecule has 70 valence electrons. The van der Waals surface area contributed by atoms with Crippen molar-refractivity contribution in [3.8, 4) is 0 Å². The van der Waals surface area contributed by atoms with E-state index in [0.717, 1.165) is 12.1 Å². The summed E-state index contributed by atoms with van der Waals surface area (Å²) in [5.74, 6) is 0. The van der Waals surface area contributed by atoms with Gasteiger partial charge in [0.25, 0.3) is 0 Å². The summed E-state index contributed by atoms with van der Waals surface area (Å²) in [6.07, 6.45) is 7.08. The Morgan fingerprint density at radius 3 is 2.86 bits per heavy atom. The predicted molar refractivity (Wildman–Crippen MR) is 59.7 cm³/mol. The first-order chi connectivity index (χ1) is 6.77. The van der Waals surface area contributed by atoms with Crippen LogP contribution in [0.4, 0.5) is 0 Å². The summed E-state index contributed by atoms with van der Waals surface area (Å²) in [5.41, 5.74) is 4.70. The minimum Gasteiger partial charge on any atom is -0.256 e. The van der Waals surface area contributed by atoms with Crippen LogP contribution in [-0.2, 0) is 0 Å². The molecule has 1 heterocycles. The van der Waals surface area contributed by atoms with Crippen molar-refractivity contribution in [2.75, 3.05) is 0 Å². The lowest BCUT2D eigenvalue weighted by atomic mass is 9.94. The molecule has 1 aliphatic carbocycles. The second-order valence-corrected chi connectivity index (χ2v) is 3.52. The van der Waals surface area contributed by atoms with Crippen molar-refractivity contribution in [3.05, 3.63) is 60.0 Å². The van der Waals surface area contributed by atoms with Gasteiger partial charge in [0.05, 0.1) is 5.69 Å². The molecule has 1 nitrogen and oxygen atoms in total. The summed E-state index contributed by atoms with van der Waals surface area (Å²) in [7, 11) is 0. The van der Waals surface area contributed by atoms with Crippen LogP contribution >= 0.6 is 0 Å². The number of pyridine rings is 1. The number of aromatic nitrogens is 1. The Hall–Kier alpha value is -1.63. The summed E-state index contributed by atoms with van der Waals surface area (Å²) in [6, 6.07) is 5.99. The first kappa shape index (κ1) is 8.95. The van der Waals surface area contributed by atoms with Crippen molar-refractivity contribution in [3.63, 3.8) is 0 Å². The number of hydrogen-bond acceptors (Lipinski definition) is 1. The van der Waals surface area contributed by atoms with E-state index in [0.29, 0.717) is 0 Å². The van der Waals surface area contributed by atoms with Crippen molar-refractivity contribution in [2.45, 2.75) is 13.3 Å². The van der Waals surface area contributed by atoms with E-state index in [1.807, 2.05) is 24.4 Å². The fourth-order valence-corrected chi connectivity index (χ4v) is 1.67. The highest BCUT2D eigenvalue weighted by atomic mass is 14.7. The monoisotopic (exact) mass is 183 g/mol. The molecule has 1 aromatic rings. The maximum absolute atomic E-state index is 4.34. The highest BCUT2D eigenvalue weighted by molar-refractivity contribution is 5.78. The molecular formula is C13H13N. The lowest BCUT2D eigenvalue weighted by Crippen LogP contribution is -1.95. The molecule has 0 saturated heterocycles. The summed E-state index contributed by atoms with van der Waals surface area (Å²) >= 11 is 0. The minimum atomic E-state index is 0.934. The smallest absolute Gasteiger partial charge is 0.0701 e. The van der Waals surface area contributed by atoms with E-state index in [1.165, 1.54) is 16.7 Å². The quantitative estimate of drug-likeness (QED) is 0.650. The van der Waals surface area contributed by atoms with Crippen LogP contribution < -0.4 is 0 Å². The van der Waals surface area contributed by atoms with Crippen LogP contribution in [0.2, 0.25) is 0 Å². The molecule has 0 radical (unpaired) electrons. The van der Waals surface area contributed by atoms with Gasteiger partial charge < -0.3 is 0 Å². The average molecular weight is 183 g/mol. The van der Waals surface area contributed by atoms with Crippen molar-refractivity contribution in [2.24, 2.45) is 0 Å². The molecular weight excluding hydrogens is 170 g/mol. The second kappa shape index (κ2) is 3.62. The summed E-state index contributed by atoms with van der Waals surface area (Å²) < 4.78 is 0. The van der Waals surface area contributed by atoms with E-state index in [-0.39, 0.29) is 0 Å². The Morgan fingerprint density at radius 1 is 1.36 bits per heavy atom. The summed E-state index contributed by atoms with van der Waals surface area (Å²) in [4.78, 5) is 4.34. The zero-order valence-corrected chi connectivity index (χ0v) is 8.33. The molecule has 0 spiro atoms. The molecule has 0 saturated carbocycles. The molecule has 0 atom stereocenters. The molecule has 0 aromatic carbocycles. The van der Waals surface area contributed by atoms with Crippen LogP contribution in [0.3, 0.4) is 0 Å². The van der Waals surface area contributed by atoms with Crippen molar-refractivity contribution < 1.29 is 0 Å². The van der Waals surface area contributed by atoms with Crippen LogP contribution in [0.15, 0.2) is 54.3 Å². The van der Waals surface area contributed by atoms with Crippen molar-refractivity contribution >= 4 is 5.57 Å². The predicted octanol–water partition coefficient (Wildman–Crippen LogP) is 3.37. The lowest BCUT2D eigenvalue weighted by Gasteiger charge is -2.13. The third kappa shape index (κ3) is 1.67. The number of hydrogen-bond donors (Lipinski definition) is 0. The Bertz CT molecular complexity index is 410. The molecule has 0 amide bonds. The van der Waals surface area contributed by atoms with Gasteiger partial charge in [-0.2, -0.15) is 0 Å². The molecule has 1 aliphatic rings. The van der Waals surface area contributed by atoms with E-state index < -0.39 is 0 Å². The van der Waals surface area contributed by atoms with Gasteiger partial charge in [0.2, 0.25) is 0 Å². The molecule has 0 N–H and O–H groups in total. The largest absolute Gasteiger partial charge is 0.256 e. The topological polar surface area (TPSA) is 12.9 Å².